The fourth-order valence-electron chi connectivity index (χ4n) is 1.68. The number of aromatic amines is 1. The molecule has 0 aliphatic rings. The molecule has 0 aliphatic heterocycles. The van der Waals surface area contributed by atoms with Crippen LogP contribution in [0.25, 0.3) is 11.2 Å². The number of hydrogen-bond acceptors (Lipinski definition) is 5. The van der Waals surface area contributed by atoms with Crippen molar-refractivity contribution in [3.63, 3.8) is 0 Å². The van der Waals surface area contributed by atoms with Crippen molar-refractivity contribution in [1.82, 2.24) is 19.9 Å². The Kier molecular flexibility index (Phi) is 5.18. The van der Waals surface area contributed by atoms with Crippen LogP contribution in [-0.4, -0.2) is 34.6 Å². The quantitative estimate of drug-likeness (QED) is 0.450. The lowest BCUT2D eigenvalue weighted by molar-refractivity contribution is 0.275. The van der Waals surface area contributed by atoms with Crippen molar-refractivity contribution in [2.45, 2.75) is 6.54 Å². The van der Waals surface area contributed by atoms with Crippen molar-refractivity contribution in [1.29, 1.82) is 0 Å². The molecular formula is C12H14N5O4P. The fourth-order valence-corrected chi connectivity index (χ4v) is 1.68. The molecule has 3 aromatic rings. The SMILES string of the molecule is O=P(O)(O)O.c1ccc(CNc2ncnc3nc[nH]c23)cc1. The maximum absolute atomic E-state index is 8.88. The van der Waals surface area contributed by atoms with Gasteiger partial charge >= 0.3 is 7.82 Å². The summed E-state index contributed by atoms with van der Waals surface area (Å²) < 4.78 is 8.88. The number of anilines is 1. The molecule has 5 N–H and O–H groups in total. The number of hydrogen-bond donors (Lipinski definition) is 5. The van der Waals surface area contributed by atoms with Crippen LogP contribution in [0.2, 0.25) is 0 Å². The molecule has 0 fully saturated rings. The maximum atomic E-state index is 8.88. The van der Waals surface area contributed by atoms with Crippen molar-refractivity contribution in [3.8, 4) is 0 Å². The Labute approximate surface area is 125 Å². The van der Waals surface area contributed by atoms with Gasteiger partial charge in [0.25, 0.3) is 0 Å². The maximum Gasteiger partial charge on any atom is 0.466 e. The molecule has 0 bridgehead atoms. The normalized spacial score (nSPS) is 10.9. The molecule has 0 saturated carbocycles. The average Bonchev–Trinajstić information content (AvgIpc) is 2.93. The average molecular weight is 323 g/mol. The molecular weight excluding hydrogens is 309 g/mol. The van der Waals surface area contributed by atoms with E-state index in [4.69, 9.17) is 19.2 Å². The highest BCUT2D eigenvalue weighted by atomic mass is 31.2. The molecule has 0 unspecified atom stereocenters. The van der Waals surface area contributed by atoms with Crippen molar-refractivity contribution >= 4 is 24.8 Å². The minimum absolute atomic E-state index is 0.676. The molecule has 116 valence electrons. The van der Waals surface area contributed by atoms with Gasteiger partial charge in [-0.15, -0.1) is 0 Å². The molecule has 9 nitrogen and oxygen atoms in total. The number of nitrogens with one attached hydrogen (secondary N) is 2. The highest BCUT2D eigenvalue weighted by molar-refractivity contribution is 7.45. The first-order valence-electron chi connectivity index (χ1n) is 6.13. The van der Waals surface area contributed by atoms with Gasteiger partial charge in [0, 0.05) is 6.54 Å². The highest BCUT2D eigenvalue weighted by Gasteiger charge is 2.04. The topological polar surface area (TPSA) is 144 Å². The lowest BCUT2D eigenvalue weighted by Crippen LogP contribution is -2.02. The summed E-state index contributed by atoms with van der Waals surface area (Å²) in [6.45, 7) is 0.728. The number of aromatic nitrogens is 4. The number of rotatable bonds is 3. The third kappa shape index (κ3) is 5.23. The molecule has 0 radical (unpaired) electrons. The number of H-pyrrole nitrogens is 1. The number of phosphoric acid groups is 1. The summed E-state index contributed by atoms with van der Waals surface area (Å²) in [4.78, 5) is 36.9. The lowest BCUT2D eigenvalue weighted by atomic mass is 10.2. The second-order valence-electron chi connectivity index (χ2n) is 4.18. The van der Waals surface area contributed by atoms with E-state index in [1.54, 1.807) is 6.33 Å². The van der Waals surface area contributed by atoms with Crippen LogP contribution in [0.15, 0.2) is 43.0 Å². The van der Waals surface area contributed by atoms with E-state index in [-0.39, 0.29) is 0 Å². The minimum Gasteiger partial charge on any atom is -0.364 e. The molecule has 0 amide bonds. The molecule has 0 aliphatic carbocycles. The van der Waals surface area contributed by atoms with E-state index >= 15 is 0 Å². The van der Waals surface area contributed by atoms with Crippen molar-refractivity contribution in [2.75, 3.05) is 5.32 Å². The van der Waals surface area contributed by atoms with E-state index in [0.717, 1.165) is 17.9 Å². The fraction of sp³-hybridized carbons (Fsp3) is 0.0833. The Bertz CT molecular complexity index is 765. The lowest BCUT2D eigenvalue weighted by Gasteiger charge is -2.05. The number of benzene rings is 1. The van der Waals surface area contributed by atoms with Gasteiger partial charge in [-0.05, 0) is 5.56 Å². The Morgan fingerprint density at radius 2 is 1.77 bits per heavy atom. The van der Waals surface area contributed by atoms with E-state index in [0.29, 0.717) is 5.65 Å². The molecule has 0 atom stereocenters. The zero-order valence-corrected chi connectivity index (χ0v) is 12.2. The summed E-state index contributed by atoms with van der Waals surface area (Å²) in [7, 11) is -4.64. The summed E-state index contributed by atoms with van der Waals surface area (Å²) in [6.07, 6.45) is 3.13. The molecule has 1 aromatic carbocycles. The van der Waals surface area contributed by atoms with E-state index in [1.807, 2.05) is 18.2 Å². The number of nitrogens with zero attached hydrogens (tertiary/aromatic N) is 3. The van der Waals surface area contributed by atoms with Gasteiger partial charge in [0.1, 0.15) is 11.8 Å². The van der Waals surface area contributed by atoms with E-state index in [2.05, 4.69) is 37.4 Å². The van der Waals surface area contributed by atoms with Crippen LogP contribution in [0.4, 0.5) is 5.82 Å². The zero-order valence-electron chi connectivity index (χ0n) is 11.3. The standard InChI is InChI=1S/C12H11N5.H3O4P/c1-2-4-9(5-3-1)6-13-11-10-12(15-7-14-10)17-8-16-11;1-5(2,3)4/h1-5,7-8H,6H2,(H2,13,14,15,16,17);(H3,1,2,3,4). The van der Waals surface area contributed by atoms with Gasteiger partial charge in [0.05, 0.1) is 6.33 Å². The predicted octanol–water partition coefficient (Wildman–Crippen LogP) is 1.04. The van der Waals surface area contributed by atoms with Crippen molar-refractivity contribution in [3.05, 3.63) is 48.5 Å². The van der Waals surface area contributed by atoms with Gasteiger partial charge in [-0.25, -0.2) is 19.5 Å². The molecule has 0 saturated heterocycles. The summed E-state index contributed by atoms with van der Waals surface area (Å²) in [5.74, 6) is 0.774. The third-order valence-electron chi connectivity index (χ3n) is 2.53. The molecule has 3 rings (SSSR count). The monoisotopic (exact) mass is 323 g/mol. The van der Waals surface area contributed by atoms with Crippen molar-refractivity contribution in [2.24, 2.45) is 0 Å². The van der Waals surface area contributed by atoms with Crippen LogP contribution in [0.1, 0.15) is 5.56 Å². The van der Waals surface area contributed by atoms with Crippen molar-refractivity contribution < 1.29 is 19.2 Å². The van der Waals surface area contributed by atoms with Gasteiger partial charge < -0.3 is 25.0 Å². The summed E-state index contributed by atoms with van der Waals surface area (Å²) in [6, 6.07) is 10.2. The summed E-state index contributed by atoms with van der Waals surface area (Å²) in [5, 5.41) is 3.27. The van der Waals surface area contributed by atoms with Gasteiger partial charge in [0.2, 0.25) is 0 Å². The van der Waals surface area contributed by atoms with Crippen LogP contribution in [-0.2, 0) is 11.1 Å². The number of fused-ring (bicyclic) bond motifs is 1. The van der Waals surface area contributed by atoms with Gasteiger partial charge in [0.15, 0.2) is 11.5 Å². The van der Waals surface area contributed by atoms with Crippen LogP contribution in [0.5, 0.6) is 0 Å². The first-order chi connectivity index (χ1) is 10.4. The first kappa shape index (κ1) is 16.1. The van der Waals surface area contributed by atoms with E-state index in [9.17, 15) is 0 Å². The highest BCUT2D eigenvalue weighted by Crippen LogP contribution is 2.25. The second kappa shape index (κ2) is 7.10. The molecule has 0 spiro atoms. The Hall–Kier alpha value is -2.32. The van der Waals surface area contributed by atoms with Crippen LogP contribution < -0.4 is 5.32 Å². The molecule has 2 heterocycles. The summed E-state index contributed by atoms with van der Waals surface area (Å²) in [5.41, 5.74) is 2.72. The predicted molar refractivity (Wildman–Crippen MR) is 79.7 cm³/mol. The van der Waals surface area contributed by atoms with Gasteiger partial charge in [-0.1, -0.05) is 30.3 Å². The van der Waals surface area contributed by atoms with Crippen LogP contribution in [0.3, 0.4) is 0 Å². The third-order valence-corrected chi connectivity index (χ3v) is 2.53. The largest absolute Gasteiger partial charge is 0.466 e. The van der Waals surface area contributed by atoms with E-state index < -0.39 is 7.82 Å². The molecule has 10 heteroatoms. The summed E-state index contributed by atoms with van der Waals surface area (Å²) >= 11 is 0. The second-order valence-corrected chi connectivity index (χ2v) is 5.20. The Morgan fingerprint density at radius 1 is 1.09 bits per heavy atom. The minimum atomic E-state index is -4.64. The zero-order chi connectivity index (χ0) is 16.0. The van der Waals surface area contributed by atoms with Crippen LogP contribution >= 0.6 is 7.82 Å². The van der Waals surface area contributed by atoms with E-state index in [1.165, 1.54) is 11.9 Å². The number of imidazole rings is 1. The molecule has 2 aromatic heterocycles. The first-order valence-corrected chi connectivity index (χ1v) is 7.70. The molecule has 22 heavy (non-hydrogen) atoms. The van der Waals surface area contributed by atoms with Crippen LogP contribution in [0, 0.1) is 0 Å². The smallest absolute Gasteiger partial charge is 0.364 e. The van der Waals surface area contributed by atoms with Gasteiger partial charge in [-0.3, -0.25) is 0 Å². The Balaban J connectivity index is 0.000000309. The van der Waals surface area contributed by atoms with Gasteiger partial charge in [-0.2, -0.15) is 0 Å². The Morgan fingerprint density at radius 3 is 2.45 bits per heavy atom.